The molecule has 1 spiro atoms. The molecule has 2 aliphatic heterocycles. The molecule has 2 saturated heterocycles. The monoisotopic (exact) mass is 400 g/mol. The molecular weight excluding hydrogens is 372 g/mol. The molecule has 1 atom stereocenters. The van der Waals surface area contributed by atoms with Crippen molar-refractivity contribution in [1.82, 2.24) is 30.3 Å². The van der Waals surface area contributed by atoms with Gasteiger partial charge in [0.05, 0.1) is 11.8 Å². The van der Waals surface area contributed by atoms with Crippen LogP contribution in [-0.2, 0) is 11.2 Å². The summed E-state index contributed by atoms with van der Waals surface area (Å²) in [6, 6.07) is 0.0384. The summed E-state index contributed by atoms with van der Waals surface area (Å²) in [5.74, 6) is 1.53. The molecule has 2 aliphatic rings. The molecule has 0 bridgehead atoms. The van der Waals surface area contributed by atoms with Crippen molar-refractivity contribution in [3.8, 4) is 11.5 Å². The van der Waals surface area contributed by atoms with Crippen molar-refractivity contribution in [3.05, 3.63) is 24.5 Å². The first-order chi connectivity index (χ1) is 14.2. The molecule has 2 amide bonds. The molecule has 2 aromatic heterocycles. The standard InChI is InChI=1S/C20H28N6O3/c1-2-6-23-19(27)26-9-4-20(5-10-26)13-15(3-11-28-20)12-17-24-18(25-29-17)16-14-21-7-8-22-16/h7-8,14-15H,2-6,9-13H2,1H3,(H,23,27). The average Bonchev–Trinajstić information content (AvgIpc) is 3.22. The van der Waals surface area contributed by atoms with Crippen molar-refractivity contribution < 1.29 is 14.1 Å². The number of likely N-dealkylation sites (tertiary alicyclic amines) is 1. The first-order valence-electron chi connectivity index (χ1n) is 10.4. The summed E-state index contributed by atoms with van der Waals surface area (Å²) < 4.78 is 11.7. The Balaban J connectivity index is 1.32. The van der Waals surface area contributed by atoms with E-state index in [9.17, 15) is 4.79 Å². The number of hydrogen-bond acceptors (Lipinski definition) is 7. The van der Waals surface area contributed by atoms with E-state index in [0.29, 0.717) is 23.3 Å². The van der Waals surface area contributed by atoms with Crippen molar-refractivity contribution in [1.29, 1.82) is 0 Å². The maximum absolute atomic E-state index is 12.2. The third-order valence-corrected chi connectivity index (χ3v) is 5.81. The molecule has 4 rings (SSSR count). The predicted molar refractivity (Wildman–Crippen MR) is 105 cm³/mol. The lowest BCUT2D eigenvalue weighted by atomic mass is 9.78. The van der Waals surface area contributed by atoms with Gasteiger partial charge in [0, 0.05) is 45.1 Å². The molecule has 29 heavy (non-hydrogen) atoms. The molecular formula is C20H28N6O3. The smallest absolute Gasteiger partial charge is 0.317 e. The number of nitrogens with one attached hydrogen (secondary N) is 1. The second-order valence-corrected chi connectivity index (χ2v) is 7.92. The Kier molecular flexibility index (Phi) is 6.03. The number of piperidine rings is 1. The van der Waals surface area contributed by atoms with Gasteiger partial charge in [-0.25, -0.2) is 9.78 Å². The fraction of sp³-hybridized carbons (Fsp3) is 0.650. The normalized spacial score (nSPS) is 21.3. The number of ether oxygens (including phenoxy) is 1. The number of aromatic nitrogens is 4. The van der Waals surface area contributed by atoms with Gasteiger partial charge in [0.2, 0.25) is 11.7 Å². The Hall–Kier alpha value is -2.55. The third-order valence-electron chi connectivity index (χ3n) is 5.81. The van der Waals surface area contributed by atoms with E-state index in [0.717, 1.165) is 64.8 Å². The van der Waals surface area contributed by atoms with Crippen LogP contribution < -0.4 is 5.32 Å². The topological polar surface area (TPSA) is 106 Å². The summed E-state index contributed by atoms with van der Waals surface area (Å²) in [7, 11) is 0. The van der Waals surface area contributed by atoms with Crippen LogP contribution in [0.15, 0.2) is 23.1 Å². The molecule has 156 valence electrons. The molecule has 0 saturated carbocycles. The van der Waals surface area contributed by atoms with E-state index in [1.54, 1.807) is 18.6 Å². The van der Waals surface area contributed by atoms with Gasteiger partial charge in [0.1, 0.15) is 5.69 Å². The summed E-state index contributed by atoms with van der Waals surface area (Å²) in [4.78, 5) is 26.8. The van der Waals surface area contributed by atoms with Gasteiger partial charge in [-0.1, -0.05) is 12.1 Å². The number of carbonyl (C=O) groups is 1. The quantitative estimate of drug-likeness (QED) is 0.821. The Morgan fingerprint density at radius 1 is 1.34 bits per heavy atom. The summed E-state index contributed by atoms with van der Waals surface area (Å²) in [6.07, 6.45) is 10.2. The zero-order chi connectivity index (χ0) is 20.1. The summed E-state index contributed by atoms with van der Waals surface area (Å²) >= 11 is 0. The maximum atomic E-state index is 12.2. The van der Waals surface area contributed by atoms with Crippen molar-refractivity contribution in [3.63, 3.8) is 0 Å². The molecule has 0 aliphatic carbocycles. The van der Waals surface area contributed by atoms with Crippen LogP contribution in [0, 0.1) is 5.92 Å². The van der Waals surface area contributed by atoms with E-state index < -0.39 is 0 Å². The molecule has 0 aromatic carbocycles. The molecule has 0 radical (unpaired) electrons. The lowest BCUT2D eigenvalue weighted by Crippen LogP contribution is -2.53. The molecule has 2 fully saturated rings. The van der Waals surface area contributed by atoms with E-state index in [2.05, 4.69) is 32.3 Å². The minimum absolute atomic E-state index is 0.0384. The van der Waals surface area contributed by atoms with Crippen LogP contribution in [0.5, 0.6) is 0 Å². The molecule has 1 N–H and O–H groups in total. The highest BCUT2D eigenvalue weighted by atomic mass is 16.5. The van der Waals surface area contributed by atoms with Crippen LogP contribution in [-0.4, -0.2) is 62.9 Å². The average molecular weight is 400 g/mol. The minimum Gasteiger partial charge on any atom is -0.375 e. The van der Waals surface area contributed by atoms with Gasteiger partial charge in [0.15, 0.2) is 0 Å². The number of amides is 2. The highest BCUT2D eigenvalue weighted by Gasteiger charge is 2.41. The fourth-order valence-electron chi connectivity index (χ4n) is 4.22. The Morgan fingerprint density at radius 2 is 2.21 bits per heavy atom. The van der Waals surface area contributed by atoms with Crippen molar-refractivity contribution in [2.45, 2.75) is 51.0 Å². The van der Waals surface area contributed by atoms with Crippen molar-refractivity contribution >= 4 is 6.03 Å². The summed E-state index contributed by atoms with van der Waals surface area (Å²) in [5, 5.41) is 7.00. The van der Waals surface area contributed by atoms with Crippen LogP contribution in [0.4, 0.5) is 4.79 Å². The van der Waals surface area contributed by atoms with Gasteiger partial charge in [-0.15, -0.1) is 0 Å². The Morgan fingerprint density at radius 3 is 2.97 bits per heavy atom. The lowest BCUT2D eigenvalue weighted by Gasteiger charge is -2.46. The van der Waals surface area contributed by atoms with Gasteiger partial charge >= 0.3 is 6.03 Å². The highest BCUT2D eigenvalue weighted by molar-refractivity contribution is 5.74. The first kappa shape index (κ1) is 19.8. The number of nitrogens with zero attached hydrogens (tertiary/aromatic N) is 5. The fourth-order valence-corrected chi connectivity index (χ4v) is 4.22. The summed E-state index contributed by atoms with van der Waals surface area (Å²) in [6.45, 7) is 4.98. The predicted octanol–water partition coefficient (Wildman–Crippen LogP) is 2.45. The maximum Gasteiger partial charge on any atom is 0.317 e. The SMILES string of the molecule is CCCNC(=O)N1CCC2(CC1)CC(Cc1nc(-c3cnccn3)no1)CCO2. The van der Waals surface area contributed by atoms with Gasteiger partial charge in [-0.2, -0.15) is 4.98 Å². The number of rotatable bonds is 5. The van der Waals surface area contributed by atoms with E-state index in [4.69, 9.17) is 9.26 Å². The molecule has 2 aromatic rings. The molecule has 9 heteroatoms. The number of hydrogen-bond donors (Lipinski definition) is 1. The molecule has 1 unspecified atom stereocenters. The zero-order valence-electron chi connectivity index (χ0n) is 16.8. The van der Waals surface area contributed by atoms with Crippen LogP contribution in [0.2, 0.25) is 0 Å². The first-order valence-corrected chi connectivity index (χ1v) is 10.4. The summed E-state index contributed by atoms with van der Waals surface area (Å²) in [5.41, 5.74) is 0.470. The Bertz CT molecular complexity index is 804. The second-order valence-electron chi connectivity index (χ2n) is 7.92. The van der Waals surface area contributed by atoms with Gasteiger partial charge in [-0.3, -0.25) is 4.98 Å². The number of urea groups is 1. The molecule has 4 heterocycles. The van der Waals surface area contributed by atoms with Gasteiger partial charge in [0.25, 0.3) is 0 Å². The van der Waals surface area contributed by atoms with Crippen LogP contribution in [0.1, 0.15) is 44.9 Å². The number of carbonyl (C=O) groups excluding carboxylic acids is 1. The highest BCUT2D eigenvalue weighted by Crippen LogP contribution is 2.38. The van der Waals surface area contributed by atoms with E-state index in [1.165, 1.54) is 0 Å². The Labute approximate surface area is 170 Å². The van der Waals surface area contributed by atoms with Gasteiger partial charge < -0.3 is 19.5 Å². The van der Waals surface area contributed by atoms with Crippen molar-refractivity contribution in [2.24, 2.45) is 5.92 Å². The van der Waals surface area contributed by atoms with Gasteiger partial charge in [-0.05, 0) is 38.0 Å². The van der Waals surface area contributed by atoms with E-state index in [1.807, 2.05) is 4.90 Å². The van der Waals surface area contributed by atoms with Crippen LogP contribution in [0.3, 0.4) is 0 Å². The third kappa shape index (κ3) is 4.72. The van der Waals surface area contributed by atoms with Crippen molar-refractivity contribution in [2.75, 3.05) is 26.2 Å². The van der Waals surface area contributed by atoms with E-state index >= 15 is 0 Å². The van der Waals surface area contributed by atoms with Crippen LogP contribution in [0.25, 0.3) is 11.5 Å². The lowest BCUT2D eigenvalue weighted by molar-refractivity contribution is -0.123. The zero-order valence-corrected chi connectivity index (χ0v) is 16.8. The molecule has 9 nitrogen and oxygen atoms in total. The van der Waals surface area contributed by atoms with Crippen LogP contribution >= 0.6 is 0 Å². The minimum atomic E-state index is -0.141. The largest absolute Gasteiger partial charge is 0.375 e. The second kappa shape index (κ2) is 8.86. The van der Waals surface area contributed by atoms with E-state index in [-0.39, 0.29) is 11.6 Å².